The lowest BCUT2D eigenvalue weighted by atomic mass is 9.96. The van der Waals surface area contributed by atoms with E-state index in [9.17, 15) is 14.5 Å². The van der Waals surface area contributed by atoms with E-state index in [2.05, 4.69) is 34.5 Å². The van der Waals surface area contributed by atoms with Crippen LogP contribution in [0.4, 0.5) is 15.8 Å². The molecule has 26 heavy (non-hydrogen) atoms. The lowest BCUT2D eigenvalue weighted by molar-refractivity contribution is -0.384. The molecule has 2 aromatic carbocycles. The summed E-state index contributed by atoms with van der Waals surface area (Å²) in [5.41, 5.74) is 1.55. The molecule has 4 rings (SSSR count). The minimum atomic E-state index is -0.583. The molecule has 0 amide bonds. The summed E-state index contributed by atoms with van der Waals surface area (Å²) in [5.74, 6) is -0.583. The van der Waals surface area contributed by atoms with Gasteiger partial charge in [0, 0.05) is 24.7 Å². The van der Waals surface area contributed by atoms with Gasteiger partial charge < -0.3 is 5.32 Å². The highest BCUT2D eigenvalue weighted by Gasteiger charge is 2.40. The molecule has 0 spiro atoms. The maximum Gasteiger partial charge on any atom is 0.295 e. The van der Waals surface area contributed by atoms with Crippen LogP contribution >= 0.6 is 0 Å². The fourth-order valence-corrected chi connectivity index (χ4v) is 4.44. The number of nitrogens with one attached hydrogen (secondary N) is 1. The van der Waals surface area contributed by atoms with Gasteiger partial charge in [0.1, 0.15) is 11.5 Å². The number of fused-ring (bicyclic) bond motifs is 2. The molecule has 2 saturated heterocycles. The number of halogens is 1. The van der Waals surface area contributed by atoms with Gasteiger partial charge in [-0.25, -0.2) is 4.39 Å². The predicted molar refractivity (Wildman–Crippen MR) is 98.5 cm³/mol. The Balaban J connectivity index is 1.45. The van der Waals surface area contributed by atoms with Crippen LogP contribution in [0.2, 0.25) is 0 Å². The minimum Gasteiger partial charge on any atom is -0.377 e. The molecular weight excluding hydrogens is 333 g/mol. The molecule has 2 atom stereocenters. The first-order chi connectivity index (χ1) is 12.6. The molecule has 1 N–H and O–H groups in total. The molecule has 2 aliphatic rings. The van der Waals surface area contributed by atoms with Crippen molar-refractivity contribution in [2.45, 2.75) is 50.4 Å². The van der Waals surface area contributed by atoms with Gasteiger partial charge in [-0.15, -0.1) is 0 Å². The number of rotatable bonds is 5. The molecule has 0 aliphatic carbocycles. The minimum absolute atomic E-state index is 0.184. The lowest BCUT2D eigenvalue weighted by Gasteiger charge is -2.39. The third-order valence-corrected chi connectivity index (χ3v) is 5.61. The molecule has 2 aromatic rings. The van der Waals surface area contributed by atoms with Gasteiger partial charge in [0.2, 0.25) is 0 Å². The van der Waals surface area contributed by atoms with Crippen LogP contribution in [0.5, 0.6) is 0 Å². The normalized spacial score (nSPS) is 25.2. The molecule has 136 valence electrons. The van der Waals surface area contributed by atoms with Crippen molar-refractivity contribution < 1.29 is 9.31 Å². The molecule has 2 heterocycles. The summed E-state index contributed by atoms with van der Waals surface area (Å²) in [4.78, 5) is 13.3. The standard InChI is InChI=1S/C20H22FN3O2/c21-15-6-9-19(20(10-15)24(25)26)22-16-11-17-7-8-18(12-16)23(17)13-14-4-2-1-3-5-14/h1-6,9-10,16-18,22H,7-8,11-13H2. The first-order valence-corrected chi connectivity index (χ1v) is 9.10. The van der Waals surface area contributed by atoms with Crippen molar-refractivity contribution in [3.05, 3.63) is 70.0 Å². The Kier molecular flexibility index (Phi) is 4.59. The summed E-state index contributed by atoms with van der Waals surface area (Å²) < 4.78 is 13.3. The third kappa shape index (κ3) is 3.42. The van der Waals surface area contributed by atoms with E-state index in [1.807, 2.05) is 6.07 Å². The first kappa shape index (κ1) is 17.0. The van der Waals surface area contributed by atoms with Crippen LogP contribution in [-0.2, 0) is 6.54 Å². The van der Waals surface area contributed by atoms with Crippen molar-refractivity contribution in [2.24, 2.45) is 0 Å². The van der Waals surface area contributed by atoms with Crippen LogP contribution in [0.25, 0.3) is 0 Å². The topological polar surface area (TPSA) is 58.4 Å². The Bertz CT molecular complexity index is 785. The fourth-order valence-electron chi connectivity index (χ4n) is 4.44. The number of piperidine rings is 1. The second-order valence-electron chi connectivity index (χ2n) is 7.27. The quantitative estimate of drug-likeness (QED) is 0.640. The van der Waals surface area contributed by atoms with Gasteiger partial charge in [-0.1, -0.05) is 30.3 Å². The second kappa shape index (κ2) is 7.03. The van der Waals surface area contributed by atoms with Crippen molar-refractivity contribution in [3.8, 4) is 0 Å². The van der Waals surface area contributed by atoms with E-state index in [0.29, 0.717) is 17.8 Å². The summed E-state index contributed by atoms with van der Waals surface area (Å²) in [6.07, 6.45) is 4.25. The highest BCUT2D eigenvalue weighted by Crippen LogP contribution is 2.38. The SMILES string of the molecule is O=[N+]([O-])c1cc(F)ccc1NC1CC2CCC(C1)N2Cc1ccccc1. The van der Waals surface area contributed by atoms with E-state index in [1.54, 1.807) is 0 Å². The molecule has 0 radical (unpaired) electrons. The van der Waals surface area contributed by atoms with Gasteiger partial charge in [0.25, 0.3) is 5.69 Å². The average molecular weight is 355 g/mol. The van der Waals surface area contributed by atoms with Gasteiger partial charge in [0.05, 0.1) is 11.0 Å². The zero-order chi connectivity index (χ0) is 18.1. The second-order valence-corrected chi connectivity index (χ2v) is 7.27. The molecule has 5 nitrogen and oxygen atoms in total. The fraction of sp³-hybridized carbons (Fsp3) is 0.400. The molecule has 2 bridgehead atoms. The molecular formula is C20H22FN3O2. The van der Waals surface area contributed by atoms with Crippen LogP contribution in [0.1, 0.15) is 31.2 Å². The first-order valence-electron chi connectivity index (χ1n) is 9.10. The van der Waals surface area contributed by atoms with Crippen molar-refractivity contribution in [2.75, 3.05) is 5.32 Å². The highest BCUT2D eigenvalue weighted by molar-refractivity contribution is 5.62. The van der Waals surface area contributed by atoms with Gasteiger partial charge in [-0.3, -0.25) is 15.0 Å². The predicted octanol–water partition coefficient (Wildman–Crippen LogP) is 4.34. The number of anilines is 1. The number of nitrogens with zero attached hydrogens (tertiary/aromatic N) is 2. The average Bonchev–Trinajstić information content (AvgIpc) is 2.86. The third-order valence-electron chi connectivity index (χ3n) is 5.61. The summed E-state index contributed by atoms with van der Waals surface area (Å²) >= 11 is 0. The van der Waals surface area contributed by atoms with Gasteiger partial charge in [-0.05, 0) is 43.4 Å². The number of hydrogen-bond donors (Lipinski definition) is 1. The summed E-state index contributed by atoms with van der Waals surface area (Å²) in [6, 6.07) is 15.4. The number of benzene rings is 2. The van der Waals surface area contributed by atoms with E-state index in [-0.39, 0.29) is 11.7 Å². The number of hydrogen-bond acceptors (Lipinski definition) is 4. The summed E-state index contributed by atoms with van der Waals surface area (Å²) in [7, 11) is 0. The Morgan fingerprint density at radius 3 is 2.46 bits per heavy atom. The molecule has 0 saturated carbocycles. The molecule has 0 aromatic heterocycles. The molecule has 2 unspecified atom stereocenters. The van der Waals surface area contributed by atoms with E-state index in [0.717, 1.165) is 25.5 Å². The molecule has 6 heteroatoms. The van der Waals surface area contributed by atoms with E-state index in [1.165, 1.54) is 30.5 Å². The smallest absolute Gasteiger partial charge is 0.295 e. The van der Waals surface area contributed by atoms with Crippen LogP contribution in [0.3, 0.4) is 0 Å². The van der Waals surface area contributed by atoms with Crippen molar-refractivity contribution >= 4 is 11.4 Å². The summed E-state index contributed by atoms with van der Waals surface area (Å²) in [5, 5.41) is 14.5. The Hall–Kier alpha value is -2.47. The number of nitro benzene ring substituents is 1. The molecule has 2 aliphatic heterocycles. The Labute approximate surface area is 152 Å². The maximum absolute atomic E-state index is 13.3. The van der Waals surface area contributed by atoms with E-state index < -0.39 is 10.7 Å². The maximum atomic E-state index is 13.3. The van der Waals surface area contributed by atoms with Gasteiger partial charge in [-0.2, -0.15) is 0 Å². The van der Waals surface area contributed by atoms with Crippen molar-refractivity contribution in [1.29, 1.82) is 0 Å². The van der Waals surface area contributed by atoms with Crippen LogP contribution in [0, 0.1) is 15.9 Å². The summed E-state index contributed by atoms with van der Waals surface area (Å²) in [6.45, 7) is 0.958. The van der Waals surface area contributed by atoms with Crippen LogP contribution in [0.15, 0.2) is 48.5 Å². The Morgan fingerprint density at radius 1 is 1.12 bits per heavy atom. The zero-order valence-electron chi connectivity index (χ0n) is 14.5. The van der Waals surface area contributed by atoms with Crippen LogP contribution < -0.4 is 5.32 Å². The van der Waals surface area contributed by atoms with Crippen molar-refractivity contribution in [3.63, 3.8) is 0 Å². The van der Waals surface area contributed by atoms with Crippen LogP contribution in [-0.4, -0.2) is 27.9 Å². The van der Waals surface area contributed by atoms with Gasteiger partial charge in [0.15, 0.2) is 0 Å². The lowest BCUT2D eigenvalue weighted by Crippen LogP contribution is -2.46. The van der Waals surface area contributed by atoms with E-state index >= 15 is 0 Å². The number of nitro groups is 1. The molecule has 2 fully saturated rings. The monoisotopic (exact) mass is 355 g/mol. The van der Waals surface area contributed by atoms with Crippen molar-refractivity contribution in [1.82, 2.24) is 4.90 Å². The zero-order valence-corrected chi connectivity index (χ0v) is 14.5. The van der Waals surface area contributed by atoms with E-state index in [4.69, 9.17) is 0 Å². The Morgan fingerprint density at radius 2 is 1.81 bits per heavy atom. The largest absolute Gasteiger partial charge is 0.377 e. The highest BCUT2D eigenvalue weighted by atomic mass is 19.1. The van der Waals surface area contributed by atoms with Gasteiger partial charge >= 0.3 is 0 Å².